The SMILES string of the molecule is CCn1ccc2cc(S(=O)(=O)N3CCC[C@@H](C(=O)NCCCN4CCCCC4)C3)ccc21. The van der Waals surface area contributed by atoms with Crippen LogP contribution < -0.4 is 5.32 Å². The van der Waals surface area contributed by atoms with E-state index in [1.807, 2.05) is 18.3 Å². The molecule has 2 aliphatic heterocycles. The standard InChI is InChI=1S/C24H36N4O3S/c1-2-27-17-11-20-18-22(9-10-23(20)27)32(30,31)28-16-6-8-21(19-28)24(29)25-12-7-15-26-13-4-3-5-14-26/h9-11,17-18,21H,2-8,12-16,19H2,1H3,(H,25,29)/t21-/m1/s1. The Morgan fingerprint density at radius 2 is 1.91 bits per heavy atom. The number of hydrogen-bond acceptors (Lipinski definition) is 4. The van der Waals surface area contributed by atoms with Crippen molar-refractivity contribution in [3.8, 4) is 0 Å². The predicted octanol–water partition coefficient (Wildman–Crippen LogP) is 3.05. The van der Waals surface area contributed by atoms with Gasteiger partial charge in [0.2, 0.25) is 15.9 Å². The molecule has 0 radical (unpaired) electrons. The molecule has 3 heterocycles. The lowest BCUT2D eigenvalue weighted by molar-refractivity contribution is -0.126. The number of piperidine rings is 2. The van der Waals surface area contributed by atoms with Crippen LogP contribution in [0.3, 0.4) is 0 Å². The molecule has 2 aromatic rings. The number of rotatable bonds is 8. The molecule has 2 aliphatic rings. The van der Waals surface area contributed by atoms with E-state index in [9.17, 15) is 13.2 Å². The highest BCUT2D eigenvalue weighted by atomic mass is 32.2. The maximum atomic E-state index is 13.3. The van der Waals surface area contributed by atoms with Crippen LogP contribution in [0.25, 0.3) is 10.9 Å². The van der Waals surface area contributed by atoms with Crippen LogP contribution in [-0.4, -0.2) is 67.4 Å². The maximum Gasteiger partial charge on any atom is 0.243 e. The summed E-state index contributed by atoms with van der Waals surface area (Å²) >= 11 is 0. The highest BCUT2D eigenvalue weighted by Gasteiger charge is 2.33. The molecule has 32 heavy (non-hydrogen) atoms. The fraction of sp³-hybridized carbons (Fsp3) is 0.625. The van der Waals surface area contributed by atoms with Crippen LogP contribution in [0.2, 0.25) is 0 Å². The molecule has 176 valence electrons. The molecule has 1 amide bonds. The van der Waals surface area contributed by atoms with E-state index in [1.165, 1.54) is 36.7 Å². The van der Waals surface area contributed by atoms with Gasteiger partial charge in [0.1, 0.15) is 0 Å². The Kier molecular flexibility index (Phi) is 7.53. The Bertz CT molecular complexity index is 1030. The summed E-state index contributed by atoms with van der Waals surface area (Å²) in [6.45, 7) is 7.64. The van der Waals surface area contributed by atoms with Gasteiger partial charge in [0.15, 0.2) is 0 Å². The van der Waals surface area contributed by atoms with Crippen molar-refractivity contribution in [2.75, 3.05) is 39.3 Å². The van der Waals surface area contributed by atoms with Crippen molar-refractivity contribution in [3.63, 3.8) is 0 Å². The summed E-state index contributed by atoms with van der Waals surface area (Å²) in [6.07, 6.45) is 8.24. The first-order chi connectivity index (χ1) is 15.5. The number of nitrogens with zero attached hydrogens (tertiary/aromatic N) is 3. The maximum absolute atomic E-state index is 13.3. The summed E-state index contributed by atoms with van der Waals surface area (Å²) in [5.41, 5.74) is 1.03. The number of aromatic nitrogens is 1. The van der Waals surface area contributed by atoms with Gasteiger partial charge in [0.05, 0.1) is 10.8 Å². The van der Waals surface area contributed by atoms with Gasteiger partial charge < -0.3 is 14.8 Å². The number of nitrogens with one attached hydrogen (secondary N) is 1. The number of hydrogen-bond donors (Lipinski definition) is 1. The number of sulfonamides is 1. The minimum Gasteiger partial charge on any atom is -0.356 e. The van der Waals surface area contributed by atoms with Gasteiger partial charge in [-0.3, -0.25) is 4.79 Å². The molecule has 1 atom stereocenters. The highest BCUT2D eigenvalue weighted by molar-refractivity contribution is 7.89. The van der Waals surface area contributed by atoms with Crippen molar-refractivity contribution in [1.29, 1.82) is 0 Å². The Morgan fingerprint density at radius 1 is 1.09 bits per heavy atom. The molecule has 0 bridgehead atoms. The number of amides is 1. The molecule has 2 fully saturated rings. The minimum absolute atomic E-state index is 0.0148. The van der Waals surface area contributed by atoms with Gasteiger partial charge in [-0.1, -0.05) is 6.42 Å². The molecule has 8 heteroatoms. The van der Waals surface area contributed by atoms with Crippen molar-refractivity contribution in [2.45, 2.75) is 56.9 Å². The number of benzene rings is 1. The van der Waals surface area contributed by atoms with E-state index in [2.05, 4.69) is 21.7 Å². The quantitative estimate of drug-likeness (QED) is 0.615. The Hall–Kier alpha value is -1.90. The third-order valence-electron chi connectivity index (χ3n) is 6.87. The summed E-state index contributed by atoms with van der Waals surface area (Å²) in [5, 5.41) is 3.97. The zero-order valence-corrected chi connectivity index (χ0v) is 19.9. The third-order valence-corrected chi connectivity index (χ3v) is 8.74. The molecule has 7 nitrogen and oxygen atoms in total. The first-order valence-corrected chi connectivity index (χ1v) is 13.5. The Morgan fingerprint density at radius 3 is 2.69 bits per heavy atom. The molecule has 1 aromatic heterocycles. The van der Waals surface area contributed by atoms with Gasteiger partial charge >= 0.3 is 0 Å². The lowest BCUT2D eigenvalue weighted by Crippen LogP contribution is -2.45. The average Bonchev–Trinajstić information content (AvgIpc) is 3.25. The monoisotopic (exact) mass is 460 g/mol. The molecule has 1 N–H and O–H groups in total. The molecular weight excluding hydrogens is 424 g/mol. The van der Waals surface area contributed by atoms with Crippen molar-refractivity contribution in [3.05, 3.63) is 30.5 Å². The van der Waals surface area contributed by atoms with Crippen molar-refractivity contribution in [2.24, 2.45) is 5.92 Å². The van der Waals surface area contributed by atoms with Crippen molar-refractivity contribution >= 4 is 26.8 Å². The fourth-order valence-electron chi connectivity index (χ4n) is 4.98. The van der Waals surface area contributed by atoms with Crippen molar-refractivity contribution < 1.29 is 13.2 Å². The summed E-state index contributed by atoms with van der Waals surface area (Å²) < 4.78 is 30.2. The average molecular weight is 461 g/mol. The molecule has 0 unspecified atom stereocenters. The molecule has 4 rings (SSSR count). The number of aryl methyl sites for hydroxylation is 1. The zero-order chi connectivity index (χ0) is 22.6. The minimum atomic E-state index is -3.62. The second-order valence-electron chi connectivity index (χ2n) is 9.07. The second-order valence-corrected chi connectivity index (χ2v) is 11.0. The fourth-order valence-corrected chi connectivity index (χ4v) is 6.54. The summed E-state index contributed by atoms with van der Waals surface area (Å²) in [4.78, 5) is 15.5. The van der Waals surface area contributed by atoms with E-state index >= 15 is 0 Å². The van der Waals surface area contributed by atoms with E-state index in [-0.39, 0.29) is 18.4 Å². The van der Waals surface area contributed by atoms with Gasteiger partial charge in [-0.05, 0) is 82.9 Å². The number of carbonyl (C=O) groups excluding carboxylic acids is 1. The largest absolute Gasteiger partial charge is 0.356 e. The van der Waals surface area contributed by atoms with Gasteiger partial charge in [-0.25, -0.2) is 8.42 Å². The van der Waals surface area contributed by atoms with Crippen LogP contribution in [-0.2, 0) is 21.4 Å². The molecule has 1 aromatic carbocycles. The van der Waals surface area contributed by atoms with Crippen LogP contribution >= 0.6 is 0 Å². The van der Waals surface area contributed by atoms with Gasteiger partial charge in [-0.15, -0.1) is 0 Å². The van der Waals surface area contributed by atoms with Crippen LogP contribution in [0.5, 0.6) is 0 Å². The number of fused-ring (bicyclic) bond motifs is 1. The molecule has 0 saturated carbocycles. The van der Waals surface area contributed by atoms with Gasteiger partial charge in [0, 0.05) is 43.3 Å². The number of likely N-dealkylation sites (tertiary alicyclic amines) is 1. The van der Waals surface area contributed by atoms with E-state index in [1.54, 1.807) is 12.1 Å². The Labute approximate surface area is 191 Å². The van der Waals surface area contributed by atoms with E-state index in [0.29, 0.717) is 24.4 Å². The predicted molar refractivity (Wildman–Crippen MR) is 127 cm³/mol. The lowest BCUT2D eigenvalue weighted by Gasteiger charge is -2.31. The third kappa shape index (κ3) is 5.18. The van der Waals surface area contributed by atoms with Crippen LogP contribution in [0, 0.1) is 5.92 Å². The van der Waals surface area contributed by atoms with E-state index in [4.69, 9.17) is 0 Å². The first-order valence-electron chi connectivity index (χ1n) is 12.1. The number of carbonyl (C=O) groups is 1. The first kappa shape index (κ1) is 23.3. The molecule has 2 saturated heterocycles. The van der Waals surface area contributed by atoms with Gasteiger partial charge in [-0.2, -0.15) is 4.31 Å². The van der Waals surface area contributed by atoms with Crippen molar-refractivity contribution in [1.82, 2.24) is 19.1 Å². The molecule has 0 aliphatic carbocycles. The highest BCUT2D eigenvalue weighted by Crippen LogP contribution is 2.27. The zero-order valence-electron chi connectivity index (χ0n) is 19.1. The molecular formula is C24H36N4O3S. The Balaban J connectivity index is 1.33. The van der Waals surface area contributed by atoms with E-state index < -0.39 is 10.0 Å². The van der Waals surface area contributed by atoms with E-state index in [0.717, 1.165) is 36.8 Å². The summed E-state index contributed by atoms with van der Waals surface area (Å²) in [7, 11) is -3.62. The van der Waals surface area contributed by atoms with Crippen LogP contribution in [0.15, 0.2) is 35.4 Å². The molecule has 0 spiro atoms. The topological polar surface area (TPSA) is 74.6 Å². The van der Waals surface area contributed by atoms with Gasteiger partial charge in [0.25, 0.3) is 0 Å². The van der Waals surface area contributed by atoms with Crippen LogP contribution in [0.1, 0.15) is 45.4 Å². The smallest absolute Gasteiger partial charge is 0.243 e. The van der Waals surface area contributed by atoms with Crippen LogP contribution in [0.4, 0.5) is 0 Å². The lowest BCUT2D eigenvalue weighted by atomic mass is 9.99. The second kappa shape index (κ2) is 10.4. The summed E-state index contributed by atoms with van der Waals surface area (Å²) in [6, 6.07) is 7.27. The normalized spacial score (nSPS) is 21.1. The summed E-state index contributed by atoms with van der Waals surface area (Å²) in [5.74, 6) is -0.294.